The lowest BCUT2D eigenvalue weighted by molar-refractivity contribution is 0.0948. The molecular weight excluding hydrogens is 366 g/mol. The molecule has 140 valence electrons. The summed E-state index contributed by atoms with van der Waals surface area (Å²) in [4.78, 5) is 31.4. The van der Waals surface area contributed by atoms with Crippen LogP contribution in [0.5, 0.6) is 5.75 Å². The first-order valence-electron chi connectivity index (χ1n) is 8.72. The number of para-hydroxylation sites is 1. The first kappa shape index (κ1) is 17.5. The number of aromatic nitrogens is 1. The highest BCUT2D eigenvalue weighted by molar-refractivity contribution is 7.13. The Kier molecular flexibility index (Phi) is 4.81. The molecule has 3 heterocycles. The van der Waals surface area contributed by atoms with E-state index in [0.29, 0.717) is 23.3 Å². The van der Waals surface area contributed by atoms with Crippen LogP contribution < -0.4 is 20.6 Å². The summed E-state index contributed by atoms with van der Waals surface area (Å²) < 4.78 is 10.5. The Hall–Kier alpha value is -2.87. The van der Waals surface area contributed by atoms with Crippen LogP contribution in [0.15, 0.2) is 45.1 Å². The highest BCUT2D eigenvalue weighted by Crippen LogP contribution is 2.27. The number of anilines is 1. The van der Waals surface area contributed by atoms with E-state index in [2.05, 4.69) is 15.2 Å². The molecule has 8 heteroatoms. The number of hydrogen-bond donors (Lipinski definition) is 1. The molecule has 0 bridgehead atoms. The predicted molar refractivity (Wildman–Crippen MR) is 104 cm³/mol. The van der Waals surface area contributed by atoms with Gasteiger partial charge in [0.15, 0.2) is 16.5 Å². The number of benzene rings is 1. The van der Waals surface area contributed by atoms with Gasteiger partial charge in [-0.25, -0.2) is 9.78 Å². The van der Waals surface area contributed by atoms with Gasteiger partial charge in [0.2, 0.25) is 0 Å². The maximum absolute atomic E-state index is 12.6. The van der Waals surface area contributed by atoms with Crippen molar-refractivity contribution in [3.63, 3.8) is 0 Å². The third-order valence-electron chi connectivity index (χ3n) is 4.73. The normalized spacial score (nSPS) is 16.6. The van der Waals surface area contributed by atoms with Crippen LogP contribution in [0, 0.1) is 0 Å². The minimum Gasteiger partial charge on any atom is -0.493 e. The summed E-state index contributed by atoms with van der Waals surface area (Å²) in [5.74, 6) is 0.0288. The molecule has 3 aromatic rings. The number of carbonyl (C=O) groups excluding carboxylic acids is 1. The van der Waals surface area contributed by atoms with Crippen molar-refractivity contribution in [2.75, 3.05) is 25.1 Å². The number of ether oxygens (including phenoxy) is 1. The SMILES string of the molecule is COc1cccc2cc(C(=O)NCC3CCCN3c3nccs3)c(=O)oc12. The van der Waals surface area contributed by atoms with E-state index >= 15 is 0 Å². The van der Waals surface area contributed by atoms with Gasteiger partial charge in [-0.15, -0.1) is 11.3 Å². The summed E-state index contributed by atoms with van der Waals surface area (Å²) in [7, 11) is 1.51. The number of thiazole rings is 1. The van der Waals surface area contributed by atoms with Gasteiger partial charge < -0.3 is 19.4 Å². The molecule has 1 fully saturated rings. The Balaban J connectivity index is 1.51. The molecule has 4 rings (SSSR count). The molecule has 1 atom stereocenters. The zero-order chi connectivity index (χ0) is 18.8. The van der Waals surface area contributed by atoms with Crippen molar-refractivity contribution in [2.24, 2.45) is 0 Å². The molecule has 1 aliphatic heterocycles. The zero-order valence-electron chi connectivity index (χ0n) is 14.8. The smallest absolute Gasteiger partial charge is 0.349 e. The van der Waals surface area contributed by atoms with Crippen LogP contribution in [0.3, 0.4) is 0 Å². The van der Waals surface area contributed by atoms with Gasteiger partial charge in [-0.2, -0.15) is 0 Å². The third-order valence-corrected chi connectivity index (χ3v) is 5.54. The van der Waals surface area contributed by atoms with E-state index in [4.69, 9.17) is 9.15 Å². The minimum absolute atomic E-state index is 0.00505. The summed E-state index contributed by atoms with van der Waals surface area (Å²) in [5, 5.41) is 6.42. The van der Waals surface area contributed by atoms with Crippen molar-refractivity contribution >= 4 is 33.3 Å². The van der Waals surface area contributed by atoms with Crippen molar-refractivity contribution < 1.29 is 13.9 Å². The van der Waals surface area contributed by atoms with Crippen LogP contribution in [0.4, 0.5) is 5.13 Å². The summed E-state index contributed by atoms with van der Waals surface area (Å²) in [5.41, 5.74) is -0.338. The first-order chi connectivity index (χ1) is 13.2. The number of nitrogens with one attached hydrogen (secondary N) is 1. The van der Waals surface area contributed by atoms with E-state index in [1.54, 1.807) is 41.8 Å². The number of rotatable bonds is 5. The predicted octanol–water partition coefficient (Wildman–Crippen LogP) is 2.66. The topological polar surface area (TPSA) is 84.7 Å². The molecule has 0 saturated carbocycles. The molecule has 2 aromatic heterocycles. The fourth-order valence-electron chi connectivity index (χ4n) is 3.40. The second kappa shape index (κ2) is 7.40. The Morgan fingerprint density at radius 1 is 1.48 bits per heavy atom. The summed E-state index contributed by atoms with van der Waals surface area (Å²) >= 11 is 1.59. The van der Waals surface area contributed by atoms with Crippen LogP contribution in [0.1, 0.15) is 23.2 Å². The molecule has 0 spiro atoms. The zero-order valence-corrected chi connectivity index (χ0v) is 15.6. The monoisotopic (exact) mass is 385 g/mol. The molecule has 27 heavy (non-hydrogen) atoms. The van der Waals surface area contributed by atoms with Crippen LogP contribution >= 0.6 is 11.3 Å². The molecule has 7 nitrogen and oxygen atoms in total. The molecule has 0 radical (unpaired) electrons. The highest BCUT2D eigenvalue weighted by atomic mass is 32.1. The van der Waals surface area contributed by atoms with Gasteiger partial charge in [0.05, 0.1) is 7.11 Å². The Labute approximate surface area is 159 Å². The number of nitrogens with zero attached hydrogens (tertiary/aromatic N) is 2. The van der Waals surface area contributed by atoms with Gasteiger partial charge in [-0.05, 0) is 25.0 Å². The maximum atomic E-state index is 12.6. The second-order valence-electron chi connectivity index (χ2n) is 6.34. The fourth-order valence-corrected chi connectivity index (χ4v) is 4.14. The number of methoxy groups -OCH3 is 1. The van der Waals surface area contributed by atoms with Crippen molar-refractivity contribution in [2.45, 2.75) is 18.9 Å². The van der Waals surface area contributed by atoms with E-state index in [1.165, 1.54) is 7.11 Å². The van der Waals surface area contributed by atoms with E-state index in [1.807, 2.05) is 5.38 Å². The fraction of sp³-hybridized carbons (Fsp3) is 0.316. The van der Waals surface area contributed by atoms with Gasteiger partial charge >= 0.3 is 5.63 Å². The lowest BCUT2D eigenvalue weighted by atomic mass is 10.1. The van der Waals surface area contributed by atoms with E-state index in [9.17, 15) is 9.59 Å². The van der Waals surface area contributed by atoms with Gasteiger partial charge in [-0.1, -0.05) is 12.1 Å². The van der Waals surface area contributed by atoms with Crippen molar-refractivity contribution in [3.05, 3.63) is 51.8 Å². The van der Waals surface area contributed by atoms with E-state index < -0.39 is 11.5 Å². The Morgan fingerprint density at radius 2 is 2.37 bits per heavy atom. The molecule has 1 unspecified atom stereocenters. The van der Waals surface area contributed by atoms with Crippen LogP contribution in [-0.2, 0) is 0 Å². The lowest BCUT2D eigenvalue weighted by Crippen LogP contribution is -2.41. The number of fused-ring (bicyclic) bond motifs is 1. The Bertz CT molecular complexity index is 1020. The summed E-state index contributed by atoms with van der Waals surface area (Å²) in [6, 6.07) is 6.99. The molecule has 1 aromatic carbocycles. The van der Waals surface area contributed by atoms with Crippen molar-refractivity contribution in [1.82, 2.24) is 10.3 Å². The molecule has 0 aliphatic carbocycles. The average molecular weight is 385 g/mol. The van der Waals surface area contributed by atoms with Gasteiger partial charge in [0, 0.05) is 36.1 Å². The van der Waals surface area contributed by atoms with Crippen LogP contribution in [0.25, 0.3) is 11.0 Å². The molecule has 1 amide bonds. The Morgan fingerprint density at radius 3 is 3.15 bits per heavy atom. The molecule has 1 N–H and O–H groups in total. The standard InChI is InChI=1S/C19H19N3O4S/c1-25-15-6-2-4-12-10-14(18(24)26-16(12)15)17(23)21-11-13-5-3-8-22(13)19-20-7-9-27-19/h2,4,6-7,9-10,13H,3,5,8,11H2,1H3,(H,21,23). The van der Waals surface area contributed by atoms with Gasteiger partial charge in [0.1, 0.15) is 5.56 Å². The first-order valence-corrected chi connectivity index (χ1v) is 9.60. The van der Waals surface area contributed by atoms with Crippen molar-refractivity contribution in [3.8, 4) is 5.75 Å². The molecule has 1 saturated heterocycles. The average Bonchev–Trinajstić information content (AvgIpc) is 3.36. The van der Waals surface area contributed by atoms with Crippen LogP contribution in [-0.4, -0.2) is 37.1 Å². The highest BCUT2D eigenvalue weighted by Gasteiger charge is 2.27. The summed E-state index contributed by atoms with van der Waals surface area (Å²) in [6.07, 6.45) is 3.81. The number of hydrogen-bond acceptors (Lipinski definition) is 7. The third kappa shape index (κ3) is 3.40. The minimum atomic E-state index is -0.673. The maximum Gasteiger partial charge on any atom is 0.349 e. The molecular formula is C19H19N3O4S. The van der Waals surface area contributed by atoms with Gasteiger partial charge in [0.25, 0.3) is 5.91 Å². The van der Waals surface area contributed by atoms with Crippen molar-refractivity contribution in [1.29, 1.82) is 0 Å². The quantitative estimate of drug-likeness (QED) is 0.680. The molecule has 1 aliphatic rings. The van der Waals surface area contributed by atoms with E-state index in [-0.39, 0.29) is 11.6 Å². The summed E-state index contributed by atoms with van der Waals surface area (Å²) in [6.45, 7) is 1.37. The van der Waals surface area contributed by atoms with E-state index in [0.717, 1.165) is 24.5 Å². The number of carbonyl (C=O) groups is 1. The largest absolute Gasteiger partial charge is 0.493 e. The van der Waals surface area contributed by atoms with Crippen LogP contribution in [0.2, 0.25) is 0 Å². The lowest BCUT2D eigenvalue weighted by Gasteiger charge is -2.24. The number of amides is 1. The van der Waals surface area contributed by atoms with Gasteiger partial charge in [-0.3, -0.25) is 4.79 Å². The second-order valence-corrected chi connectivity index (χ2v) is 7.21.